The molecule has 0 aliphatic carbocycles. The molecule has 7 heteroatoms. The third-order valence-corrected chi connectivity index (χ3v) is 9.96. The maximum atomic E-state index is 13.2. The van der Waals surface area contributed by atoms with E-state index in [0.717, 1.165) is 160 Å². The summed E-state index contributed by atoms with van der Waals surface area (Å²) in [6, 6.07) is 0. The molecular weight excluding hydrogens is 638 g/mol. The van der Waals surface area contributed by atoms with Crippen LogP contribution in [0, 0.1) is 11.8 Å². The summed E-state index contributed by atoms with van der Waals surface area (Å²) in [4.78, 5) is 41.0. The van der Waals surface area contributed by atoms with Crippen LogP contribution >= 0.6 is 0 Å². The molecular formula is C44H75NO6. The van der Waals surface area contributed by atoms with Crippen LogP contribution in [-0.4, -0.2) is 62.8 Å². The lowest BCUT2D eigenvalue weighted by molar-refractivity contribution is -0.150. The molecule has 0 saturated carbocycles. The van der Waals surface area contributed by atoms with Gasteiger partial charge < -0.3 is 19.1 Å². The first-order valence-electron chi connectivity index (χ1n) is 20.9. The Hall–Kier alpha value is -2.55. The van der Waals surface area contributed by atoms with Crippen LogP contribution in [0.1, 0.15) is 181 Å². The van der Waals surface area contributed by atoms with Gasteiger partial charge in [0.2, 0.25) is 0 Å². The summed E-state index contributed by atoms with van der Waals surface area (Å²) >= 11 is 0. The fraction of sp³-hybridized carbons (Fsp3) is 0.818. The van der Waals surface area contributed by atoms with Crippen molar-refractivity contribution in [3.05, 3.63) is 29.3 Å². The Morgan fingerprint density at radius 2 is 1.20 bits per heavy atom. The zero-order valence-electron chi connectivity index (χ0n) is 33.3. The maximum Gasteiger partial charge on any atom is 0.306 e. The van der Waals surface area contributed by atoms with Gasteiger partial charge in [-0.2, -0.15) is 0 Å². The van der Waals surface area contributed by atoms with Gasteiger partial charge in [0, 0.05) is 6.42 Å². The number of hydrogen-bond acceptors (Lipinski definition) is 7. The number of hydrogen-bond donors (Lipinski definition) is 0. The van der Waals surface area contributed by atoms with Crippen LogP contribution in [0.25, 0.3) is 0 Å². The smallest absolute Gasteiger partial charge is 0.306 e. The summed E-state index contributed by atoms with van der Waals surface area (Å²) in [5.41, 5.74) is 9.94. The Morgan fingerprint density at radius 1 is 0.725 bits per heavy atom. The van der Waals surface area contributed by atoms with Crippen LogP contribution in [0.2, 0.25) is 0 Å². The number of rotatable bonds is 13. The molecule has 0 amide bonds. The molecule has 1 aliphatic heterocycles. The maximum absolute atomic E-state index is 13.2. The van der Waals surface area contributed by atoms with Crippen molar-refractivity contribution in [2.75, 3.05) is 33.9 Å². The van der Waals surface area contributed by atoms with Gasteiger partial charge in [-0.1, -0.05) is 115 Å². The van der Waals surface area contributed by atoms with Gasteiger partial charge >= 0.3 is 17.9 Å². The molecule has 0 aromatic carbocycles. The minimum Gasteiger partial charge on any atom is -0.466 e. The van der Waals surface area contributed by atoms with E-state index < -0.39 is 0 Å². The number of allylic oxidation sites excluding steroid dienone is 1. The van der Waals surface area contributed by atoms with Gasteiger partial charge in [0.1, 0.15) is 6.10 Å². The van der Waals surface area contributed by atoms with E-state index in [9.17, 15) is 14.4 Å². The van der Waals surface area contributed by atoms with Crippen LogP contribution in [0.5, 0.6) is 0 Å². The van der Waals surface area contributed by atoms with E-state index in [2.05, 4.69) is 42.5 Å². The first-order chi connectivity index (χ1) is 24.8. The highest BCUT2D eigenvalue weighted by Gasteiger charge is 2.28. The lowest BCUT2D eigenvalue weighted by atomic mass is 9.79. The Balaban J connectivity index is 2.97. The molecule has 0 N–H and O–H groups in total. The lowest BCUT2D eigenvalue weighted by Crippen LogP contribution is -2.22. The van der Waals surface area contributed by atoms with Crippen LogP contribution in [0.15, 0.2) is 29.3 Å². The van der Waals surface area contributed by atoms with Gasteiger partial charge in [-0.05, 0) is 108 Å². The second-order valence-corrected chi connectivity index (χ2v) is 15.0. The molecule has 1 aliphatic rings. The fourth-order valence-electron chi connectivity index (χ4n) is 6.97. The largest absolute Gasteiger partial charge is 0.466 e. The van der Waals surface area contributed by atoms with Crippen molar-refractivity contribution in [1.29, 1.82) is 0 Å². The van der Waals surface area contributed by atoms with Crippen molar-refractivity contribution >= 4 is 17.9 Å². The van der Waals surface area contributed by atoms with Gasteiger partial charge in [0.25, 0.3) is 0 Å². The molecule has 0 bridgehead atoms. The SMILES string of the molecule is C=C=C=C=C1C(CCCCC)CC(=O)OCCCCCCCCC(OC(=O)CCCN(C)C)CCCCCCCCOC(=O)CC1CCCCC. The summed E-state index contributed by atoms with van der Waals surface area (Å²) in [5, 5.41) is 0. The van der Waals surface area contributed by atoms with E-state index in [1.54, 1.807) is 0 Å². The third-order valence-electron chi connectivity index (χ3n) is 9.96. The number of nitrogens with zero attached hydrogens (tertiary/aromatic N) is 1. The molecule has 1 saturated heterocycles. The molecule has 0 spiro atoms. The Kier molecular flexibility index (Phi) is 29.3. The van der Waals surface area contributed by atoms with E-state index in [0.29, 0.717) is 19.6 Å². The molecule has 1 heterocycles. The summed E-state index contributed by atoms with van der Waals surface area (Å²) in [6.07, 6.45) is 24.4. The number of cyclic esters (lactones) is 2. The minimum atomic E-state index is -0.183. The molecule has 292 valence electrons. The normalized spacial score (nSPS) is 21.8. The van der Waals surface area contributed by atoms with Gasteiger partial charge in [-0.3, -0.25) is 14.4 Å². The van der Waals surface area contributed by atoms with Gasteiger partial charge in [-0.25, -0.2) is 0 Å². The second kappa shape index (κ2) is 32.1. The molecule has 51 heavy (non-hydrogen) atoms. The van der Waals surface area contributed by atoms with Gasteiger partial charge in [-0.15, -0.1) is 0 Å². The molecule has 1 fully saturated rings. The van der Waals surface area contributed by atoms with Crippen LogP contribution in [0.3, 0.4) is 0 Å². The van der Waals surface area contributed by atoms with Crippen molar-refractivity contribution in [1.82, 2.24) is 4.90 Å². The number of carbonyl (C=O) groups is 3. The average molecular weight is 714 g/mol. The Morgan fingerprint density at radius 3 is 1.65 bits per heavy atom. The fourth-order valence-corrected chi connectivity index (χ4v) is 6.97. The number of unbranched alkanes of at least 4 members (excludes halogenated alkanes) is 4. The van der Waals surface area contributed by atoms with E-state index in [4.69, 9.17) is 14.2 Å². The van der Waals surface area contributed by atoms with Crippen molar-refractivity contribution in [2.24, 2.45) is 11.8 Å². The number of ether oxygens (including phenoxy) is 3. The zero-order chi connectivity index (χ0) is 37.4. The molecule has 2 atom stereocenters. The quantitative estimate of drug-likeness (QED) is 0.0813. The van der Waals surface area contributed by atoms with Gasteiger partial charge in [0.05, 0.1) is 26.1 Å². The zero-order valence-corrected chi connectivity index (χ0v) is 33.3. The first-order valence-corrected chi connectivity index (χ1v) is 20.9. The predicted molar refractivity (Wildman–Crippen MR) is 208 cm³/mol. The molecule has 2 unspecified atom stereocenters. The van der Waals surface area contributed by atoms with E-state index in [-0.39, 0.29) is 48.7 Å². The summed E-state index contributed by atoms with van der Waals surface area (Å²) < 4.78 is 17.5. The molecule has 0 aromatic rings. The average Bonchev–Trinajstić information content (AvgIpc) is 3.09. The van der Waals surface area contributed by atoms with Crippen LogP contribution in [0.4, 0.5) is 0 Å². The summed E-state index contributed by atoms with van der Waals surface area (Å²) in [6.45, 7) is 9.81. The van der Waals surface area contributed by atoms with E-state index in [1.165, 1.54) is 0 Å². The highest BCUT2D eigenvalue weighted by atomic mass is 16.5. The lowest BCUT2D eigenvalue weighted by Gasteiger charge is -2.25. The third kappa shape index (κ3) is 26.0. The van der Waals surface area contributed by atoms with Crippen molar-refractivity contribution in [3.8, 4) is 0 Å². The Labute approximate surface area is 312 Å². The number of esters is 3. The van der Waals surface area contributed by atoms with E-state index in [1.807, 2.05) is 14.1 Å². The van der Waals surface area contributed by atoms with Crippen molar-refractivity contribution < 1.29 is 28.6 Å². The molecule has 0 aromatic heterocycles. The summed E-state index contributed by atoms with van der Waals surface area (Å²) in [5.74, 6) is -0.565. The standard InChI is InChI=1S/C44H75NO6/c1-6-9-20-27-38-36-43(47)49-34-24-18-14-12-16-22-29-40(51-42(46)32-26-33-45(4)5)30-23-17-13-15-19-25-35-50-44(48)37-39(28-21-10-7-2)41(38)31-11-8-3/h38-40H,3,6-7,9-10,12-30,32-37H2,1-2,4-5H3. The number of carbonyl (C=O) groups excluding carboxylic acids is 3. The predicted octanol–water partition coefficient (Wildman–Crippen LogP) is 11.0. The first kappa shape index (κ1) is 46.5. The van der Waals surface area contributed by atoms with Crippen molar-refractivity contribution in [2.45, 2.75) is 187 Å². The molecule has 7 nitrogen and oxygen atoms in total. The Bertz CT molecular complexity index is 998. The molecule has 0 radical (unpaired) electrons. The topological polar surface area (TPSA) is 82.1 Å². The summed E-state index contributed by atoms with van der Waals surface area (Å²) in [7, 11) is 4.05. The van der Waals surface area contributed by atoms with Crippen molar-refractivity contribution in [3.63, 3.8) is 0 Å². The van der Waals surface area contributed by atoms with Crippen LogP contribution in [-0.2, 0) is 28.6 Å². The highest BCUT2D eigenvalue weighted by molar-refractivity contribution is 5.71. The monoisotopic (exact) mass is 714 g/mol. The highest BCUT2D eigenvalue weighted by Crippen LogP contribution is 2.33. The second-order valence-electron chi connectivity index (χ2n) is 15.0. The minimum absolute atomic E-state index is 0.00415. The van der Waals surface area contributed by atoms with Crippen LogP contribution < -0.4 is 0 Å². The van der Waals surface area contributed by atoms with Gasteiger partial charge in [0.15, 0.2) is 0 Å². The van der Waals surface area contributed by atoms with E-state index >= 15 is 0 Å². The molecule has 1 rings (SSSR count).